The van der Waals surface area contributed by atoms with Crippen molar-refractivity contribution in [2.45, 2.75) is 38.2 Å². The van der Waals surface area contributed by atoms with Crippen LogP contribution in [0.25, 0.3) is 0 Å². The summed E-state index contributed by atoms with van der Waals surface area (Å²) in [5, 5.41) is 2.73. The number of carbonyl (C=O) groups is 2. The Morgan fingerprint density at radius 2 is 1.84 bits per heavy atom. The number of halogens is 2. The minimum absolute atomic E-state index is 0.133. The number of rotatable bonds is 2. The molecular weight excluding hydrogens is 332 g/mol. The Morgan fingerprint density at radius 3 is 2.44 bits per heavy atom. The van der Waals surface area contributed by atoms with Gasteiger partial charge >= 0.3 is 0 Å². The quantitative estimate of drug-likeness (QED) is 0.860. The third kappa shape index (κ3) is 3.40. The van der Waals surface area contributed by atoms with Crippen molar-refractivity contribution in [3.63, 3.8) is 0 Å². The molecule has 2 aliphatic rings. The highest BCUT2D eigenvalue weighted by molar-refractivity contribution is 5.98. The molecular formula is C16H21F2N5O2. The van der Waals surface area contributed by atoms with Crippen molar-refractivity contribution in [2.24, 2.45) is 0 Å². The lowest BCUT2D eigenvalue weighted by Gasteiger charge is -2.40. The molecule has 2 saturated heterocycles. The number of nitrogens with zero attached hydrogens (tertiary/aromatic N) is 4. The first kappa shape index (κ1) is 17.5. The van der Waals surface area contributed by atoms with Crippen molar-refractivity contribution in [3.05, 3.63) is 18.1 Å². The molecule has 0 aliphatic carbocycles. The number of anilines is 1. The van der Waals surface area contributed by atoms with Crippen molar-refractivity contribution < 1.29 is 18.4 Å². The van der Waals surface area contributed by atoms with Crippen LogP contribution in [0.4, 0.5) is 14.6 Å². The van der Waals surface area contributed by atoms with Crippen molar-refractivity contribution in [1.29, 1.82) is 0 Å². The summed E-state index contributed by atoms with van der Waals surface area (Å²) in [5.74, 6) is -2.74. The van der Waals surface area contributed by atoms with Gasteiger partial charge in [0.25, 0.3) is 11.8 Å². The van der Waals surface area contributed by atoms with Crippen molar-refractivity contribution in [3.8, 4) is 0 Å². The zero-order valence-corrected chi connectivity index (χ0v) is 14.3. The van der Waals surface area contributed by atoms with Gasteiger partial charge in [-0.3, -0.25) is 9.59 Å². The maximum Gasteiger partial charge on any atom is 0.274 e. The first-order valence-electron chi connectivity index (χ1n) is 8.26. The second-order valence-electron chi connectivity index (χ2n) is 6.87. The molecule has 2 amide bonds. The Balaban J connectivity index is 1.72. The lowest BCUT2D eigenvalue weighted by atomic mass is 9.98. The van der Waals surface area contributed by atoms with E-state index in [-0.39, 0.29) is 43.4 Å². The average molecular weight is 353 g/mol. The summed E-state index contributed by atoms with van der Waals surface area (Å²) in [6.45, 7) is 4.54. The van der Waals surface area contributed by atoms with Crippen LogP contribution >= 0.6 is 0 Å². The number of piperazine rings is 1. The fraction of sp³-hybridized carbons (Fsp3) is 0.625. The van der Waals surface area contributed by atoms with Crippen LogP contribution in [-0.2, 0) is 4.79 Å². The van der Waals surface area contributed by atoms with Gasteiger partial charge in [-0.15, -0.1) is 0 Å². The van der Waals surface area contributed by atoms with E-state index in [4.69, 9.17) is 0 Å². The highest BCUT2D eigenvalue weighted by Gasteiger charge is 2.41. The summed E-state index contributed by atoms with van der Waals surface area (Å²) in [6.07, 6.45) is 2.33. The molecule has 2 fully saturated rings. The molecule has 136 valence electrons. The highest BCUT2D eigenvalue weighted by atomic mass is 19.3. The van der Waals surface area contributed by atoms with Gasteiger partial charge in [0.05, 0.1) is 12.4 Å². The summed E-state index contributed by atoms with van der Waals surface area (Å²) in [6, 6.07) is 0. The molecule has 0 aromatic carbocycles. The number of hydrogen-bond donors (Lipinski definition) is 1. The van der Waals surface area contributed by atoms with Crippen LogP contribution in [0.5, 0.6) is 0 Å². The topological polar surface area (TPSA) is 78.4 Å². The van der Waals surface area contributed by atoms with Gasteiger partial charge < -0.3 is 15.1 Å². The van der Waals surface area contributed by atoms with E-state index >= 15 is 0 Å². The minimum atomic E-state index is -2.62. The summed E-state index contributed by atoms with van der Waals surface area (Å²) in [5.41, 5.74) is -0.831. The lowest BCUT2D eigenvalue weighted by molar-refractivity contribution is -0.133. The smallest absolute Gasteiger partial charge is 0.274 e. The Labute approximate surface area is 144 Å². The van der Waals surface area contributed by atoms with E-state index in [1.54, 1.807) is 18.7 Å². The van der Waals surface area contributed by atoms with Gasteiger partial charge in [-0.05, 0) is 13.8 Å². The van der Waals surface area contributed by atoms with Gasteiger partial charge in [0, 0.05) is 39.0 Å². The van der Waals surface area contributed by atoms with Gasteiger partial charge in [0.2, 0.25) is 5.91 Å². The normalized spacial score (nSPS) is 22.5. The molecule has 3 heterocycles. The maximum absolute atomic E-state index is 13.2. The van der Waals surface area contributed by atoms with E-state index < -0.39 is 11.5 Å². The van der Waals surface area contributed by atoms with Gasteiger partial charge in [-0.2, -0.15) is 0 Å². The number of nitrogens with one attached hydrogen (secondary N) is 1. The Hall–Kier alpha value is -2.32. The molecule has 1 aromatic heterocycles. The number of alkyl halides is 2. The fourth-order valence-electron chi connectivity index (χ4n) is 3.05. The molecule has 0 radical (unpaired) electrons. The van der Waals surface area contributed by atoms with E-state index in [2.05, 4.69) is 15.3 Å². The number of amides is 2. The number of hydrogen-bond acceptors (Lipinski definition) is 5. The van der Waals surface area contributed by atoms with E-state index in [9.17, 15) is 18.4 Å². The van der Waals surface area contributed by atoms with E-state index in [0.717, 1.165) is 0 Å². The van der Waals surface area contributed by atoms with E-state index in [1.807, 2.05) is 0 Å². The fourth-order valence-corrected chi connectivity index (χ4v) is 3.05. The first-order chi connectivity index (χ1) is 11.7. The van der Waals surface area contributed by atoms with Crippen molar-refractivity contribution in [1.82, 2.24) is 20.2 Å². The monoisotopic (exact) mass is 353 g/mol. The van der Waals surface area contributed by atoms with Crippen molar-refractivity contribution >= 4 is 17.6 Å². The van der Waals surface area contributed by atoms with Gasteiger partial charge in [-0.25, -0.2) is 18.7 Å². The van der Waals surface area contributed by atoms with Crippen LogP contribution in [-0.4, -0.2) is 64.3 Å². The van der Waals surface area contributed by atoms with E-state index in [1.165, 1.54) is 17.3 Å². The minimum Gasteiger partial charge on any atom is -0.355 e. The van der Waals surface area contributed by atoms with Crippen LogP contribution in [0.15, 0.2) is 12.4 Å². The van der Waals surface area contributed by atoms with Crippen LogP contribution in [0, 0.1) is 0 Å². The third-order valence-electron chi connectivity index (χ3n) is 4.77. The lowest BCUT2D eigenvalue weighted by Crippen LogP contribution is -2.63. The molecule has 2 aliphatic heterocycles. The van der Waals surface area contributed by atoms with Gasteiger partial charge in [0.1, 0.15) is 17.1 Å². The molecule has 0 saturated carbocycles. The molecule has 1 N–H and O–H groups in total. The zero-order valence-electron chi connectivity index (χ0n) is 14.3. The van der Waals surface area contributed by atoms with Crippen molar-refractivity contribution in [2.75, 3.05) is 31.1 Å². The van der Waals surface area contributed by atoms with Crippen LogP contribution in [0.1, 0.15) is 37.2 Å². The van der Waals surface area contributed by atoms with Gasteiger partial charge in [-0.1, -0.05) is 0 Å². The molecule has 0 bridgehead atoms. The standard InChI is InChI=1S/C16H21F2N5O2/c1-15(2)14(25)19-5-8-23(15)13(24)11-9-21-12(10-20-11)22-6-3-16(17,18)4-7-22/h9-10H,3-8H2,1-2H3,(H,19,25). The summed E-state index contributed by atoms with van der Waals surface area (Å²) >= 11 is 0. The zero-order chi connectivity index (χ0) is 18.2. The predicted octanol–water partition coefficient (Wildman–Crippen LogP) is 1.06. The second-order valence-corrected chi connectivity index (χ2v) is 6.87. The Bertz CT molecular complexity index is 668. The molecule has 1 aromatic rings. The number of aromatic nitrogens is 2. The SMILES string of the molecule is CC1(C)C(=O)NCCN1C(=O)c1cnc(N2CCC(F)(F)CC2)cn1. The average Bonchev–Trinajstić information content (AvgIpc) is 2.57. The molecule has 25 heavy (non-hydrogen) atoms. The van der Waals surface area contributed by atoms with Crippen LogP contribution < -0.4 is 10.2 Å². The molecule has 3 rings (SSSR count). The molecule has 0 unspecified atom stereocenters. The Kier molecular flexibility index (Phi) is 4.34. The van der Waals surface area contributed by atoms with E-state index in [0.29, 0.717) is 18.9 Å². The summed E-state index contributed by atoms with van der Waals surface area (Å²) in [4.78, 5) is 36.2. The van der Waals surface area contributed by atoms with Crippen LogP contribution in [0.2, 0.25) is 0 Å². The number of piperidine rings is 1. The van der Waals surface area contributed by atoms with Gasteiger partial charge in [0.15, 0.2) is 0 Å². The highest BCUT2D eigenvalue weighted by Crippen LogP contribution is 2.29. The molecule has 9 heteroatoms. The summed E-state index contributed by atoms with van der Waals surface area (Å²) in [7, 11) is 0. The van der Waals surface area contributed by atoms with Crippen LogP contribution in [0.3, 0.4) is 0 Å². The second kappa shape index (κ2) is 6.20. The third-order valence-corrected chi connectivity index (χ3v) is 4.77. The molecule has 0 spiro atoms. The molecule has 7 nitrogen and oxygen atoms in total. The molecule has 0 atom stereocenters. The Morgan fingerprint density at radius 1 is 1.16 bits per heavy atom. The summed E-state index contributed by atoms with van der Waals surface area (Å²) < 4.78 is 26.5. The maximum atomic E-state index is 13.2. The number of carbonyl (C=O) groups excluding carboxylic acids is 2. The largest absolute Gasteiger partial charge is 0.355 e. The first-order valence-corrected chi connectivity index (χ1v) is 8.26. The predicted molar refractivity (Wildman–Crippen MR) is 86.6 cm³/mol.